The molecule has 7 rings (SSSR count). The average Bonchev–Trinajstić information content (AvgIpc) is 3.77. The maximum Gasteiger partial charge on any atom is 0.338 e. The van der Waals surface area contributed by atoms with Gasteiger partial charge in [0.25, 0.3) is 0 Å². The van der Waals surface area contributed by atoms with E-state index in [1.54, 1.807) is 41.0 Å². The summed E-state index contributed by atoms with van der Waals surface area (Å²) >= 11 is 6.22. The Morgan fingerprint density at radius 3 is 2.17 bits per heavy atom. The van der Waals surface area contributed by atoms with Crippen molar-refractivity contribution in [2.45, 2.75) is 63.3 Å². The Morgan fingerprint density at radius 1 is 0.833 bits per heavy atom. The van der Waals surface area contributed by atoms with E-state index in [4.69, 9.17) is 30.5 Å². The van der Waals surface area contributed by atoms with Gasteiger partial charge in [-0.05, 0) is 53.8 Å². The smallest absolute Gasteiger partial charge is 0.338 e. The van der Waals surface area contributed by atoms with Crippen LogP contribution in [-0.2, 0) is 28.5 Å². The highest BCUT2D eigenvalue weighted by Crippen LogP contribution is 2.44. The van der Waals surface area contributed by atoms with Crippen LogP contribution in [-0.4, -0.2) is 55.7 Å². The van der Waals surface area contributed by atoms with Crippen molar-refractivity contribution in [1.82, 2.24) is 19.5 Å². The molecule has 0 spiro atoms. The summed E-state index contributed by atoms with van der Waals surface area (Å²) < 4.78 is 26.0. The van der Waals surface area contributed by atoms with E-state index in [0.29, 0.717) is 33.2 Å². The zero-order valence-electron chi connectivity index (χ0n) is 26.1. The molecule has 3 heterocycles. The number of fused-ring (bicyclic) bond motifs is 1. The first-order valence-corrected chi connectivity index (χ1v) is 15.9. The van der Waals surface area contributed by atoms with Crippen molar-refractivity contribution in [3.05, 3.63) is 113 Å². The maximum absolute atomic E-state index is 13.8. The van der Waals surface area contributed by atoms with Crippen molar-refractivity contribution in [1.29, 1.82) is 0 Å². The lowest BCUT2D eigenvalue weighted by atomic mass is 9.98. The second kappa shape index (κ2) is 13.2. The molecular weight excluding hydrogens is 636 g/mol. The minimum Gasteiger partial charge on any atom is -0.455 e. The van der Waals surface area contributed by atoms with E-state index < -0.39 is 48.6 Å². The molecule has 0 amide bonds. The van der Waals surface area contributed by atoms with Crippen molar-refractivity contribution in [2.75, 3.05) is 0 Å². The summed E-state index contributed by atoms with van der Waals surface area (Å²) in [7, 11) is 0. The van der Waals surface area contributed by atoms with Gasteiger partial charge in [0.15, 0.2) is 30.2 Å². The minimum atomic E-state index is -1.19. The summed E-state index contributed by atoms with van der Waals surface area (Å²) in [5, 5.41) is 0.468. The average molecular weight is 667 g/mol. The Kier molecular flexibility index (Phi) is 8.63. The predicted octanol–water partition coefficient (Wildman–Crippen LogP) is 6.38. The number of carbonyl (C=O) groups excluding carboxylic acids is 3. The van der Waals surface area contributed by atoms with E-state index in [1.165, 1.54) is 26.5 Å². The number of benzene rings is 3. The largest absolute Gasteiger partial charge is 0.455 e. The second-order valence-corrected chi connectivity index (χ2v) is 12.3. The van der Waals surface area contributed by atoms with Gasteiger partial charge in [0.2, 0.25) is 0 Å². The van der Waals surface area contributed by atoms with Gasteiger partial charge in [0.05, 0.1) is 17.6 Å². The fourth-order valence-electron chi connectivity index (χ4n) is 6.08. The predicted molar refractivity (Wildman–Crippen MR) is 174 cm³/mol. The highest BCUT2D eigenvalue weighted by Gasteiger charge is 2.54. The molecule has 1 saturated carbocycles. The van der Waals surface area contributed by atoms with Gasteiger partial charge in [0, 0.05) is 24.8 Å². The van der Waals surface area contributed by atoms with E-state index in [1.807, 2.05) is 42.5 Å². The number of imidazole rings is 1. The molecule has 1 aliphatic heterocycles. The van der Waals surface area contributed by atoms with Crippen LogP contribution in [0.3, 0.4) is 0 Å². The first kappa shape index (κ1) is 31.5. The zero-order valence-corrected chi connectivity index (χ0v) is 26.8. The lowest BCUT2D eigenvalue weighted by Crippen LogP contribution is -2.41. The summed E-state index contributed by atoms with van der Waals surface area (Å²) in [4.78, 5) is 52.3. The normalized spacial score (nSPS) is 21.1. The van der Waals surface area contributed by atoms with Gasteiger partial charge in [-0.3, -0.25) is 14.2 Å². The summed E-state index contributed by atoms with van der Waals surface area (Å²) in [6, 6.07) is 23.5. The number of aromatic nitrogens is 4. The molecule has 12 heteroatoms. The van der Waals surface area contributed by atoms with Gasteiger partial charge >= 0.3 is 17.9 Å². The SMILES string of the molecule is CC(=O)O[C@@H]1[C@H](OC(C)=O)[C@@H](C(OC(=O)c2ccc(-c3ccccc3)cc2)c2ccc(Cl)cc2)O[C@H]1n1cnc2c(C3CC3)ncnc21. The fraction of sp³-hybridized carbons (Fsp3) is 0.278. The van der Waals surface area contributed by atoms with Gasteiger partial charge in [-0.25, -0.2) is 19.7 Å². The number of esters is 3. The lowest BCUT2D eigenvalue weighted by Gasteiger charge is -2.28. The van der Waals surface area contributed by atoms with E-state index >= 15 is 0 Å². The number of nitrogens with zero attached hydrogens (tertiary/aromatic N) is 4. The molecule has 0 radical (unpaired) electrons. The van der Waals surface area contributed by atoms with Crippen LogP contribution < -0.4 is 0 Å². The molecule has 0 N–H and O–H groups in total. The molecule has 244 valence electrons. The summed E-state index contributed by atoms with van der Waals surface area (Å²) in [6.45, 7) is 2.50. The van der Waals surface area contributed by atoms with E-state index in [-0.39, 0.29) is 0 Å². The number of hydrogen-bond donors (Lipinski definition) is 0. The summed E-state index contributed by atoms with van der Waals surface area (Å²) in [5.41, 5.74) is 4.67. The summed E-state index contributed by atoms with van der Waals surface area (Å²) in [6.07, 6.45) is -0.609. The second-order valence-electron chi connectivity index (χ2n) is 11.8. The number of halogens is 1. The minimum absolute atomic E-state index is 0.296. The van der Waals surface area contributed by atoms with Crippen LogP contribution in [0.4, 0.5) is 0 Å². The number of carbonyl (C=O) groups is 3. The number of rotatable bonds is 9. The third kappa shape index (κ3) is 6.39. The van der Waals surface area contributed by atoms with Crippen LogP contribution in [0.5, 0.6) is 0 Å². The quantitative estimate of drug-likeness (QED) is 0.129. The van der Waals surface area contributed by atoms with Gasteiger partial charge in [-0.15, -0.1) is 0 Å². The third-order valence-electron chi connectivity index (χ3n) is 8.41. The molecule has 3 aromatic carbocycles. The molecule has 0 bridgehead atoms. The Bertz CT molecular complexity index is 1960. The van der Waals surface area contributed by atoms with Crippen LogP contribution >= 0.6 is 11.6 Å². The molecule has 1 aliphatic carbocycles. The Morgan fingerprint density at radius 2 is 1.50 bits per heavy atom. The molecule has 1 saturated heterocycles. The topological polar surface area (TPSA) is 132 Å². The fourth-order valence-corrected chi connectivity index (χ4v) is 6.20. The van der Waals surface area contributed by atoms with Crippen LogP contribution in [0.25, 0.3) is 22.3 Å². The van der Waals surface area contributed by atoms with Gasteiger partial charge in [-0.2, -0.15) is 0 Å². The van der Waals surface area contributed by atoms with Gasteiger partial charge < -0.3 is 18.9 Å². The molecular formula is C36H31ClN4O7. The van der Waals surface area contributed by atoms with Crippen molar-refractivity contribution >= 4 is 40.7 Å². The van der Waals surface area contributed by atoms with Crippen LogP contribution in [0.15, 0.2) is 91.5 Å². The zero-order chi connectivity index (χ0) is 33.4. The molecule has 1 unspecified atom stereocenters. The van der Waals surface area contributed by atoms with E-state index in [0.717, 1.165) is 29.7 Å². The standard InChI is InChI=1S/C36H31ClN4O7/c1-20(42)45-32-31(47-35(33(32)46-21(2)43)41-19-40-29-28(24-10-11-24)38-18-39-34(29)41)30(25-14-16-27(37)17-15-25)48-36(44)26-12-8-23(9-13-26)22-6-4-3-5-7-22/h3-9,12-19,24,30-33,35H,10-11H2,1-2H3/t30?,31-,32-,33-,35-/m1/s1. The summed E-state index contributed by atoms with van der Waals surface area (Å²) in [5.74, 6) is -1.60. The van der Waals surface area contributed by atoms with Crippen molar-refractivity contribution in [2.24, 2.45) is 0 Å². The highest BCUT2D eigenvalue weighted by molar-refractivity contribution is 6.30. The molecule has 5 aromatic rings. The molecule has 2 aliphatic rings. The monoisotopic (exact) mass is 666 g/mol. The Labute approximate surface area is 280 Å². The molecule has 2 aromatic heterocycles. The molecule has 11 nitrogen and oxygen atoms in total. The van der Waals surface area contributed by atoms with Crippen molar-refractivity contribution in [3.63, 3.8) is 0 Å². The van der Waals surface area contributed by atoms with Crippen LogP contribution in [0.1, 0.15) is 66.6 Å². The first-order chi connectivity index (χ1) is 23.3. The maximum atomic E-state index is 13.8. The van der Waals surface area contributed by atoms with Crippen molar-refractivity contribution in [3.8, 4) is 11.1 Å². The lowest BCUT2D eigenvalue weighted by molar-refractivity contribution is -0.166. The third-order valence-corrected chi connectivity index (χ3v) is 8.67. The molecule has 2 fully saturated rings. The van der Waals surface area contributed by atoms with Crippen LogP contribution in [0, 0.1) is 0 Å². The van der Waals surface area contributed by atoms with Crippen LogP contribution in [0.2, 0.25) is 5.02 Å². The van der Waals surface area contributed by atoms with Gasteiger partial charge in [-0.1, -0.05) is 66.2 Å². The Hall–Kier alpha value is -5.13. The first-order valence-electron chi connectivity index (χ1n) is 15.6. The molecule has 48 heavy (non-hydrogen) atoms. The van der Waals surface area contributed by atoms with E-state index in [9.17, 15) is 14.4 Å². The van der Waals surface area contributed by atoms with Gasteiger partial charge in [0.1, 0.15) is 17.9 Å². The number of hydrogen-bond acceptors (Lipinski definition) is 10. The highest BCUT2D eigenvalue weighted by atomic mass is 35.5. The van der Waals surface area contributed by atoms with Crippen molar-refractivity contribution < 1.29 is 33.3 Å². The number of ether oxygens (including phenoxy) is 4. The molecule has 5 atom stereocenters. The van der Waals surface area contributed by atoms with E-state index in [2.05, 4.69) is 15.0 Å². The Balaban J connectivity index is 1.27.